The van der Waals surface area contributed by atoms with E-state index in [1.807, 2.05) is 30.3 Å². The Kier molecular flexibility index (Phi) is 13.1. The number of carbonyl (C=O) groups is 4. The van der Waals surface area contributed by atoms with Crippen molar-refractivity contribution in [3.63, 3.8) is 0 Å². The molecule has 0 bridgehead atoms. The molecule has 14 nitrogen and oxygen atoms in total. The van der Waals surface area contributed by atoms with Crippen molar-refractivity contribution in [1.29, 1.82) is 5.41 Å². The van der Waals surface area contributed by atoms with Crippen LogP contribution >= 0.6 is 0 Å². The molecule has 2 aliphatic rings. The van der Waals surface area contributed by atoms with Crippen LogP contribution in [0.25, 0.3) is 0 Å². The lowest BCUT2D eigenvalue weighted by Gasteiger charge is -2.34. The van der Waals surface area contributed by atoms with Gasteiger partial charge in [0.1, 0.15) is 24.3 Å². The highest BCUT2D eigenvalue weighted by Crippen LogP contribution is 2.21. The summed E-state index contributed by atoms with van der Waals surface area (Å²) >= 11 is 0. The van der Waals surface area contributed by atoms with Gasteiger partial charge in [0.15, 0.2) is 0 Å². The van der Waals surface area contributed by atoms with Crippen LogP contribution in [0, 0.1) is 11.3 Å². The molecule has 49 heavy (non-hydrogen) atoms. The van der Waals surface area contributed by atoms with Crippen molar-refractivity contribution in [2.45, 2.75) is 70.2 Å². The normalized spacial score (nSPS) is 18.6. The van der Waals surface area contributed by atoms with E-state index in [0.29, 0.717) is 57.4 Å². The standard InChI is InChI=1S/C34H46N6O8S/c1-23(47-32(43)27-13-8-5-9-14-27)24(2)48-34(44)37-33(35)39-19-16-26(17-20-39)22-36-30(41)29-15-10-18-40(29)31(42)28(38-49(3,45)46)21-25-11-6-4-7-12-25/h4-9,11-14,23-24,26,28-29,38H,10,15-22H2,1-3H3,(H,36,41)(H2,35,37,44)/t23?,24?,28-,29?/m0/s1. The summed E-state index contributed by atoms with van der Waals surface area (Å²) < 4.78 is 37.3. The number of amides is 3. The second kappa shape index (κ2) is 17.2. The number of carbonyl (C=O) groups excluding carboxylic acids is 4. The lowest BCUT2D eigenvalue weighted by molar-refractivity contribution is -0.139. The van der Waals surface area contributed by atoms with Crippen molar-refractivity contribution in [2.75, 3.05) is 32.4 Å². The van der Waals surface area contributed by atoms with Crippen LogP contribution in [0.1, 0.15) is 55.5 Å². The van der Waals surface area contributed by atoms with Crippen molar-refractivity contribution in [3.05, 3.63) is 71.8 Å². The second-order valence-corrected chi connectivity index (χ2v) is 14.3. The van der Waals surface area contributed by atoms with Crippen molar-refractivity contribution in [2.24, 2.45) is 5.92 Å². The number of rotatable bonds is 12. The molecule has 2 saturated heterocycles. The molecule has 4 rings (SSSR count). The van der Waals surface area contributed by atoms with Crippen LogP contribution in [0.5, 0.6) is 0 Å². The zero-order chi connectivity index (χ0) is 35.6. The van der Waals surface area contributed by atoms with Gasteiger partial charge < -0.3 is 24.6 Å². The van der Waals surface area contributed by atoms with Gasteiger partial charge in [-0.05, 0) is 69.6 Å². The van der Waals surface area contributed by atoms with E-state index < -0.39 is 52.3 Å². The van der Waals surface area contributed by atoms with E-state index in [-0.39, 0.29) is 24.2 Å². The maximum absolute atomic E-state index is 13.5. The van der Waals surface area contributed by atoms with Crippen LogP contribution in [0.2, 0.25) is 0 Å². The number of esters is 1. The Bertz CT molecular complexity index is 1570. The maximum Gasteiger partial charge on any atom is 0.414 e. The Hall–Kier alpha value is -4.50. The Morgan fingerprint density at radius 2 is 1.51 bits per heavy atom. The average Bonchev–Trinajstić information content (AvgIpc) is 3.57. The third-order valence-electron chi connectivity index (χ3n) is 8.75. The van der Waals surface area contributed by atoms with Gasteiger partial charge in [0.2, 0.25) is 27.8 Å². The molecule has 4 atom stereocenters. The number of guanidine groups is 1. The smallest absolute Gasteiger partial charge is 0.414 e. The van der Waals surface area contributed by atoms with E-state index >= 15 is 0 Å². The highest BCUT2D eigenvalue weighted by Gasteiger charge is 2.38. The number of sulfonamides is 1. The summed E-state index contributed by atoms with van der Waals surface area (Å²) in [6.07, 6.45) is 1.31. The zero-order valence-corrected chi connectivity index (χ0v) is 28.9. The third-order valence-corrected chi connectivity index (χ3v) is 9.46. The van der Waals surface area contributed by atoms with Crippen molar-refractivity contribution >= 4 is 39.9 Å². The minimum absolute atomic E-state index is 0.110. The number of nitrogens with one attached hydrogen (secondary N) is 4. The lowest BCUT2D eigenvalue weighted by atomic mass is 9.97. The summed E-state index contributed by atoms with van der Waals surface area (Å²) in [6.45, 7) is 4.93. The van der Waals surface area contributed by atoms with Crippen molar-refractivity contribution < 1.29 is 37.1 Å². The molecule has 0 radical (unpaired) electrons. The van der Waals surface area contributed by atoms with Gasteiger partial charge in [-0.25, -0.2) is 22.7 Å². The fourth-order valence-corrected chi connectivity index (χ4v) is 6.59. The molecule has 0 aliphatic carbocycles. The second-order valence-electron chi connectivity index (χ2n) is 12.6. The van der Waals surface area contributed by atoms with Crippen LogP contribution < -0.4 is 15.4 Å². The zero-order valence-electron chi connectivity index (χ0n) is 28.1. The first-order chi connectivity index (χ1) is 23.3. The summed E-state index contributed by atoms with van der Waals surface area (Å²) in [6, 6.07) is 15.9. The molecule has 0 saturated carbocycles. The first-order valence-electron chi connectivity index (χ1n) is 16.5. The minimum Gasteiger partial charge on any atom is -0.455 e. The summed E-state index contributed by atoms with van der Waals surface area (Å²) in [5.74, 6) is -1.22. The van der Waals surface area contributed by atoms with E-state index in [0.717, 1.165) is 11.8 Å². The molecule has 2 heterocycles. The number of nitrogens with zero attached hydrogens (tertiary/aromatic N) is 2. The average molecular weight is 699 g/mol. The molecule has 266 valence electrons. The maximum atomic E-state index is 13.5. The molecular formula is C34H46N6O8S. The monoisotopic (exact) mass is 698 g/mol. The number of benzene rings is 2. The largest absolute Gasteiger partial charge is 0.455 e. The Morgan fingerprint density at radius 3 is 2.14 bits per heavy atom. The third kappa shape index (κ3) is 11.3. The SMILES string of the molecule is CC(OC(=O)NC(=N)N1CCC(CNC(=O)C2CCCN2C(=O)[C@H](Cc2ccccc2)NS(C)(=O)=O)CC1)C(C)OC(=O)c1ccccc1. The molecule has 2 aromatic carbocycles. The van der Waals surface area contributed by atoms with Gasteiger partial charge in [0.25, 0.3) is 0 Å². The van der Waals surface area contributed by atoms with E-state index in [1.54, 1.807) is 49.1 Å². The Balaban J connectivity index is 1.20. The van der Waals surface area contributed by atoms with Gasteiger partial charge in [-0.15, -0.1) is 0 Å². The molecule has 2 fully saturated rings. The van der Waals surface area contributed by atoms with Crippen LogP contribution in [0.3, 0.4) is 0 Å². The van der Waals surface area contributed by atoms with Gasteiger partial charge in [-0.3, -0.25) is 20.3 Å². The van der Waals surface area contributed by atoms with Gasteiger partial charge in [0, 0.05) is 26.2 Å². The number of likely N-dealkylation sites (tertiary alicyclic amines) is 2. The molecule has 4 N–H and O–H groups in total. The topological polar surface area (TPSA) is 187 Å². The molecular weight excluding hydrogens is 652 g/mol. The van der Waals surface area contributed by atoms with Gasteiger partial charge >= 0.3 is 12.1 Å². The van der Waals surface area contributed by atoms with Crippen LogP contribution in [0.15, 0.2) is 60.7 Å². The van der Waals surface area contributed by atoms with Gasteiger partial charge in [0.05, 0.1) is 11.8 Å². The highest BCUT2D eigenvalue weighted by molar-refractivity contribution is 7.88. The quantitative estimate of drug-likeness (QED) is 0.147. The van der Waals surface area contributed by atoms with E-state index in [1.165, 1.54) is 4.90 Å². The van der Waals surface area contributed by atoms with E-state index in [9.17, 15) is 27.6 Å². The molecule has 3 unspecified atom stereocenters. The molecule has 2 aliphatic heterocycles. The molecule has 2 aromatic rings. The van der Waals surface area contributed by atoms with E-state index in [2.05, 4.69) is 15.4 Å². The van der Waals surface area contributed by atoms with Crippen LogP contribution in [0.4, 0.5) is 4.79 Å². The predicted octanol–water partition coefficient (Wildman–Crippen LogP) is 2.26. The summed E-state index contributed by atoms with van der Waals surface area (Å²) in [7, 11) is -3.68. The predicted molar refractivity (Wildman–Crippen MR) is 182 cm³/mol. The van der Waals surface area contributed by atoms with E-state index in [4.69, 9.17) is 14.9 Å². The molecule has 15 heteroatoms. The Labute approximate surface area is 287 Å². The number of hydrogen-bond donors (Lipinski definition) is 4. The van der Waals surface area contributed by atoms with Crippen LogP contribution in [-0.2, 0) is 35.5 Å². The molecule has 0 spiro atoms. The molecule has 0 aromatic heterocycles. The summed E-state index contributed by atoms with van der Waals surface area (Å²) in [5, 5.41) is 13.8. The fourth-order valence-electron chi connectivity index (χ4n) is 5.89. The fraction of sp³-hybridized carbons (Fsp3) is 0.500. The number of hydrogen-bond acceptors (Lipinski definition) is 9. The highest BCUT2D eigenvalue weighted by atomic mass is 32.2. The minimum atomic E-state index is -3.68. The van der Waals surface area contributed by atoms with Crippen molar-refractivity contribution in [3.8, 4) is 0 Å². The van der Waals surface area contributed by atoms with Gasteiger partial charge in [-0.2, -0.15) is 0 Å². The van der Waals surface area contributed by atoms with Crippen molar-refractivity contribution in [1.82, 2.24) is 25.2 Å². The summed E-state index contributed by atoms with van der Waals surface area (Å²) in [4.78, 5) is 54.7. The van der Waals surface area contributed by atoms with Crippen LogP contribution in [-0.4, -0.2) is 105 Å². The molecule has 3 amide bonds. The number of piperidine rings is 1. The Morgan fingerprint density at radius 1 is 0.898 bits per heavy atom. The lowest BCUT2D eigenvalue weighted by Crippen LogP contribution is -2.54. The summed E-state index contributed by atoms with van der Waals surface area (Å²) in [5.41, 5.74) is 1.19. The number of ether oxygens (including phenoxy) is 2. The number of alkyl carbamates (subject to hydrolysis) is 1. The van der Waals surface area contributed by atoms with Gasteiger partial charge in [-0.1, -0.05) is 48.5 Å². The first-order valence-corrected chi connectivity index (χ1v) is 18.4. The first kappa shape index (κ1) is 37.3.